The predicted octanol–water partition coefficient (Wildman–Crippen LogP) is 3.49. The zero-order valence-corrected chi connectivity index (χ0v) is 17.7. The van der Waals surface area contributed by atoms with E-state index in [1.165, 1.54) is 3.58 Å². The van der Waals surface area contributed by atoms with Gasteiger partial charge in [0.05, 0.1) is 0 Å². The van der Waals surface area contributed by atoms with Gasteiger partial charge in [-0.1, -0.05) is 0 Å². The maximum absolute atomic E-state index is 12.9. The molecular weight excluding hydrogens is 399 g/mol. The molecule has 0 saturated heterocycles. The molecule has 0 aliphatic heterocycles. The Kier molecular flexibility index (Phi) is 6.80. The number of benzene rings is 1. The van der Waals surface area contributed by atoms with E-state index in [0.29, 0.717) is 17.7 Å². The minimum absolute atomic E-state index is 0.0719. The Morgan fingerprint density at radius 1 is 1.16 bits per heavy atom. The third-order valence-corrected chi connectivity index (χ3v) is 5.58. The van der Waals surface area contributed by atoms with E-state index in [1.807, 2.05) is 18.4 Å². The summed E-state index contributed by atoms with van der Waals surface area (Å²) in [5.74, 6) is 0.0719. The van der Waals surface area contributed by atoms with Crippen LogP contribution in [0.3, 0.4) is 0 Å². The molecule has 0 saturated carbocycles. The van der Waals surface area contributed by atoms with Gasteiger partial charge in [0.1, 0.15) is 0 Å². The van der Waals surface area contributed by atoms with Crippen molar-refractivity contribution < 1.29 is 5.11 Å². The molecule has 1 aromatic heterocycles. The summed E-state index contributed by atoms with van der Waals surface area (Å²) >= 11 is 8.36. The molecule has 6 heteroatoms. The Morgan fingerprint density at radius 3 is 2.28 bits per heavy atom. The summed E-state index contributed by atoms with van der Waals surface area (Å²) < 4.78 is 3.95. The van der Waals surface area contributed by atoms with Crippen molar-refractivity contribution in [3.63, 3.8) is 0 Å². The Labute approximate surface area is 162 Å². The van der Waals surface area contributed by atoms with Gasteiger partial charge in [0.15, 0.2) is 0 Å². The fourth-order valence-corrected chi connectivity index (χ4v) is 3.86. The molecule has 4 nitrogen and oxygen atoms in total. The fraction of sp³-hybridized carbons (Fsp3) is 0.474. The number of aryl methyl sites for hydroxylation is 2. The van der Waals surface area contributed by atoms with Gasteiger partial charge in [-0.15, -0.1) is 0 Å². The number of nitrogens with zero attached hydrogens (tertiary/aromatic N) is 2. The van der Waals surface area contributed by atoms with Crippen molar-refractivity contribution in [2.24, 2.45) is 0 Å². The van der Waals surface area contributed by atoms with Gasteiger partial charge < -0.3 is 0 Å². The molecule has 0 unspecified atom stereocenters. The van der Waals surface area contributed by atoms with E-state index in [-0.39, 0.29) is 18.1 Å². The van der Waals surface area contributed by atoms with Gasteiger partial charge in [0, 0.05) is 0 Å². The van der Waals surface area contributed by atoms with Crippen LogP contribution in [-0.4, -0.2) is 36.1 Å². The van der Waals surface area contributed by atoms with Crippen molar-refractivity contribution in [1.82, 2.24) is 8.15 Å². The molecule has 1 heterocycles. The van der Waals surface area contributed by atoms with Crippen molar-refractivity contribution in [2.75, 3.05) is 6.61 Å². The second kappa shape index (κ2) is 8.45. The third-order valence-electron chi connectivity index (χ3n) is 4.21. The van der Waals surface area contributed by atoms with Crippen molar-refractivity contribution in [2.45, 2.75) is 53.0 Å². The van der Waals surface area contributed by atoms with Crippen molar-refractivity contribution in [3.05, 3.63) is 50.0 Å². The quantitative estimate of drug-likeness (QED) is 0.439. The molecule has 0 amide bonds. The summed E-state index contributed by atoms with van der Waals surface area (Å²) in [4.78, 5) is 12.9. The number of rotatable bonds is 6. The van der Waals surface area contributed by atoms with Crippen LogP contribution >= 0.6 is 12.2 Å². The van der Waals surface area contributed by atoms with Crippen LogP contribution in [0.1, 0.15) is 49.3 Å². The number of hydrogen-bond acceptors (Lipinski definition) is 3. The molecule has 2 rings (SSSR count). The Hall–Kier alpha value is -1.20. The summed E-state index contributed by atoms with van der Waals surface area (Å²) in [6, 6.07) is 6.33. The summed E-state index contributed by atoms with van der Waals surface area (Å²) in [6.07, 6.45) is 1.51. The van der Waals surface area contributed by atoms with Crippen LogP contribution in [0.5, 0.6) is 0 Å². The zero-order valence-electron chi connectivity index (χ0n) is 15.2. The maximum atomic E-state index is 12.9. The summed E-state index contributed by atoms with van der Waals surface area (Å²) in [7, 11) is 0. The monoisotopic (exact) mass is 425 g/mol. The van der Waals surface area contributed by atoms with Gasteiger partial charge in [0.2, 0.25) is 0 Å². The van der Waals surface area contributed by atoms with Gasteiger partial charge in [-0.25, -0.2) is 0 Å². The van der Waals surface area contributed by atoms with Gasteiger partial charge >= 0.3 is 163 Å². The number of aromatic nitrogens is 2. The van der Waals surface area contributed by atoms with Crippen LogP contribution in [0.4, 0.5) is 0 Å². The molecule has 1 aromatic carbocycles. The van der Waals surface area contributed by atoms with E-state index in [1.54, 1.807) is 0 Å². The zero-order chi connectivity index (χ0) is 18.7. The Morgan fingerprint density at radius 2 is 1.76 bits per heavy atom. The normalized spacial score (nSPS) is 11.3. The molecule has 0 spiro atoms. The second-order valence-corrected chi connectivity index (χ2v) is 7.89. The van der Waals surface area contributed by atoms with Crippen molar-refractivity contribution in [3.8, 4) is 11.3 Å². The van der Waals surface area contributed by atoms with E-state index < -0.39 is 0 Å². The average Bonchev–Trinajstić information content (AvgIpc) is 2.53. The summed E-state index contributed by atoms with van der Waals surface area (Å²) in [5.41, 5.74) is 4.93. The van der Waals surface area contributed by atoms with Gasteiger partial charge in [0.25, 0.3) is 0 Å². The van der Waals surface area contributed by atoms with Crippen molar-refractivity contribution >= 4 is 28.4 Å². The standard InChI is InChI=1S/C19H25N2O2SSe/c1-12(2)16-17(15-10-13(3)9-14(4)11-15)20(7-5-6-8-22)19(24)21(25)18(16)23/h9-12,22H,5-8H2,1-4H3. The van der Waals surface area contributed by atoms with Crippen LogP contribution in [0, 0.1) is 18.6 Å². The fourth-order valence-electron chi connectivity index (χ4n) is 3.18. The van der Waals surface area contributed by atoms with E-state index in [9.17, 15) is 4.79 Å². The number of aliphatic hydroxyl groups is 1. The van der Waals surface area contributed by atoms with Gasteiger partial charge in [-0.2, -0.15) is 0 Å². The molecule has 1 N–H and O–H groups in total. The van der Waals surface area contributed by atoms with Crippen LogP contribution < -0.4 is 5.56 Å². The van der Waals surface area contributed by atoms with Gasteiger partial charge in [-0.3, -0.25) is 0 Å². The van der Waals surface area contributed by atoms with E-state index in [4.69, 9.17) is 17.3 Å². The summed E-state index contributed by atoms with van der Waals surface area (Å²) in [6.45, 7) is 9.01. The van der Waals surface area contributed by atoms with Crippen molar-refractivity contribution in [1.29, 1.82) is 0 Å². The Balaban J connectivity index is 2.85. The molecule has 2 aromatic rings. The van der Waals surface area contributed by atoms with Crippen LogP contribution in [0.2, 0.25) is 0 Å². The number of hydrogen-bond donors (Lipinski definition) is 1. The SMILES string of the molecule is Cc1cc(C)cc(-c2c(C(C)C)c(=O)n([Se])c(=S)n2CCCCO)c1. The molecule has 0 aliphatic rings. The molecular formula is C19H25N2O2SSe. The molecule has 0 fully saturated rings. The minimum atomic E-state index is -0.0763. The first-order valence-electron chi connectivity index (χ1n) is 8.54. The average molecular weight is 424 g/mol. The first-order valence-corrected chi connectivity index (χ1v) is 9.72. The number of unbranched alkanes of at least 4 members (excludes halogenated alkanes) is 1. The third kappa shape index (κ3) is 4.32. The predicted molar refractivity (Wildman–Crippen MR) is 106 cm³/mol. The molecule has 0 bridgehead atoms. The molecule has 0 aliphatic carbocycles. The molecule has 0 atom stereocenters. The van der Waals surface area contributed by atoms with Crippen LogP contribution in [0.15, 0.2) is 23.0 Å². The van der Waals surface area contributed by atoms with E-state index in [0.717, 1.165) is 34.4 Å². The first kappa shape index (κ1) is 20.1. The van der Waals surface area contributed by atoms with Gasteiger partial charge in [-0.05, 0) is 0 Å². The molecule has 135 valence electrons. The van der Waals surface area contributed by atoms with Crippen LogP contribution in [-0.2, 0) is 6.54 Å². The number of aliphatic hydroxyl groups excluding tert-OH is 1. The summed E-state index contributed by atoms with van der Waals surface area (Å²) in [5, 5.41) is 9.12. The van der Waals surface area contributed by atoms with E-state index in [2.05, 4.69) is 48.3 Å². The second-order valence-electron chi connectivity index (χ2n) is 6.76. The first-order chi connectivity index (χ1) is 11.8. The van der Waals surface area contributed by atoms with Crippen LogP contribution in [0.25, 0.3) is 11.3 Å². The molecule has 1 radical (unpaired) electrons. The molecule has 25 heavy (non-hydrogen) atoms. The van der Waals surface area contributed by atoms with E-state index >= 15 is 0 Å². The topological polar surface area (TPSA) is 47.2 Å². The Bertz CT molecular complexity index is 864.